The Balaban J connectivity index is 2.40. The maximum absolute atomic E-state index is 12.0. The van der Waals surface area contributed by atoms with E-state index in [0.29, 0.717) is 26.1 Å². The number of unbranched alkanes of at least 4 members (excludes halogenated alkanes) is 3. The van der Waals surface area contributed by atoms with Gasteiger partial charge in [-0.1, -0.05) is 26.2 Å². The van der Waals surface area contributed by atoms with Crippen LogP contribution in [0.1, 0.15) is 39.0 Å². The number of carbonyl (C=O) groups excluding carboxylic acids is 1. The number of carbonyl (C=O) groups is 1. The Labute approximate surface area is 125 Å². The standard InChI is InChI=1S/C12H24N2O6S/c1-2-3-4-5-6-12(19-21(17,18)20-12)11(16)14-8-7-13-9-10-15/h13,15H,2-10H2,1H3,(H,14,16). The first-order valence-corrected chi connectivity index (χ1v) is 8.55. The van der Waals surface area contributed by atoms with Gasteiger partial charge in [-0.3, -0.25) is 4.79 Å². The highest BCUT2D eigenvalue weighted by atomic mass is 32.3. The molecule has 8 nitrogen and oxygen atoms in total. The van der Waals surface area contributed by atoms with Crippen molar-refractivity contribution in [1.29, 1.82) is 0 Å². The first-order chi connectivity index (χ1) is 9.96. The van der Waals surface area contributed by atoms with Gasteiger partial charge in [-0.25, -0.2) is 8.37 Å². The fourth-order valence-corrected chi connectivity index (χ4v) is 2.99. The zero-order chi connectivity index (χ0) is 15.8. The van der Waals surface area contributed by atoms with Crippen molar-refractivity contribution >= 4 is 16.3 Å². The normalized spacial score (nSPS) is 19.0. The van der Waals surface area contributed by atoms with Gasteiger partial charge in [0.15, 0.2) is 0 Å². The van der Waals surface area contributed by atoms with Crippen LogP contribution in [-0.2, 0) is 23.6 Å². The van der Waals surface area contributed by atoms with Gasteiger partial charge in [0.05, 0.1) is 6.61 Å². The number of nitrogens with one attached hydrogen (secondary N) is 2. The number of hydrogen-bond donors (Lipinski definition) is 3. The summed E-state index contributed by atoms with van der Waals surface area (Å²) >= 11 is 0. The predicted octanol–water partition coefficient (Wildman–Crippen LogP) is -0.357. The van der Waals surface area contributed by atoms with Crippen LogP contribution in [-0.4, -0.2) is 51.5 Å². The SMILES string of the molecule is CCCCCCC1(C(=O)NCCNCCO)OS(=O)(=O)O1. The summed E-state index contributed by atoms with van der Waals surface area (Å²) < 4.78 is 31.5. The monoisotopic (exact) mass is 324 g/mol. The fraction of sp³-hybridized carbons (Fsp3) is 0.917. The van der Waals surface area contributed by atoms with Gasteiger partial charge in [0, 0.05) is 26.1 Å². The summed E-state index contributed by atoms with van der Waals surface area (Å²) in [6.45, 7) is 3.26. The van der Waals surface area contributed by atoms with Gasteiger partial charge in [0.2, 0.25) is 0 Å². The summed E-state index contributed by atoms with van der Waals surface area (Å²) in [6.07, 6.45) is 3.79. The van der Waals surface area contributed by atoms with Crippen molar-refractivity contribution in [2.24, 2.45) is 0 Å². The third-order valence-corrected chi connectivity index (χ3v) is 4.00. The molecule has 1 aliphatic heterocycles. The van der Waals surface area contributed by atoms with E-state index in [9.17, 15) is 13.2 Å². The molecule has 1 aliphatic rings. The summed E-state index contributed by atoms with van der Waals surface area (Å²) in [5.41, 5.74) is 0. The number of aliphatic hydroxyl groups excluding tert-OH is 1. The van der Waals surface area contributed by atoms with Crippen molar-refractivity contribution < 1.29 is 26.7 Å². The minimum atomic E-state index is -4.03. The topological polar surface area (TPSA) is 114 Å². The Morgan fingerprint density at radius 2 is 1.86 bits per heavy atom. The van der Waals surface area contributed by atoms with Crippen LogP contribution in [0.15, 0.2) is 0 Å². The first kappa shape index (κ1) is 18.3. The van der Waals surface area contributed by atoms with Gasteiger partial charge >= 0.3 is 10.4 Å². The maximum Gasteiger partial charge on any atom is 0.406 e. The van der Waals surface area contributed by atoms with Gasteiger partial charge in [-0.2, -0.15) is 8.42 Å². The second-order valence-corrected chi connectivity index (χ2v) is 6.02. The molecule has 124 valence electrons. The summed E-state index contributed by atoms with van der Waals surface area (Å²) in [4.78, 5) is 12.0. The molecule has 1 fully saturated rings. The Bertz CT molecular complexity index is 413. The summed E-state index contributed by atoms with van der Waals surface area (Å²) in [5, 5.41) is 14.0. The Kier molecular flexibility index (Phi) is 7.53. The minimum Gasteiger partial charge on any atom is -0.395 e. The highest BCUT2D eigenvalue weighted by Crippen LogP contribution is 2.35. The molecule has 3 N–H and O–H groups in total. The van der Waals surface area contributed by atoms with Crippen LogP contribution in [0.25, 0.3) is 0 Å². The van der Waals surface area contributed by atoms with Crippen molar-refractivity contribution in [2.75, 3.05) is 26.2 Å². The van der Waals surface area contributed by atoms with Crippen LogP contribution < -0.4 is 10.6 Å². The second-order valence-electron chi connectivity index (χ2n) is 4.87. The third kappa shape index (κ3) is 5.87. The Morgan fingerprint density at radius 1 is 1.14 bits per heavy atom. The van der Waals surface area contributed by atoms with Crippen LogP contribution in [0.5, 0.6) is 0 Å². The molecule has 0 radical (unpaired) electrons. The lowest BCUT2D eigenvalue weighted by Crippen LogP contribution is -2.60. The Hall–Kier alpha value is -0.740. The van der Waals surface area contributed by atoms with Crippen LogP contribution >= 0.6 is 0 Å². The third-order valence-electron chi connectivity index (χ3n) is 3.05. The van der Waals surface area contributed by atoms with E-state index in [4.69, 9.17) is 13.5 Å². The van der Waals surface area contributed by atoms with E-state index in [1.807, 2.05) is 0 Å². The molecule has 0 bridgehead atoms. The van der Waals surface area contributed by atoms with Crippen molar-refractivity contribution in [3.05, 3.63) is 0 Å². The molecule has 9 heteroatoms. The molecule has 0 saturated carbocycles. The zero-order valence-corrected chi connectivity index (χ0v) is 13.1. The number of aliphatic hydroxyl groups is 1. The summed E-state index contributed by atoms with van der Waals surface area (Å²) in [7, 11) is -4.03. The van der Waals surface area contributed by atoms with Gasteiger partial charge in [-0.15, -0.1) is 0 Å². The first-order valence-electron chi connectivity index (χ1n) is 7.22. The maximum atomic E-state index is 12.0. The van der Waals surface area contributed by atoms with Crippen molar-refractivity contribution in [3.63, 3.8) is 0 Å². The van der Waals surface area contributed by atoms with Crippen LogP contribution in [0.4, 0.5) is 0 Å². The van der Waals surface area contributed by atoms with E-state index >= 15 is 0 Å². The van der Waals surface area contributed by atoms with Crippen molar-refractivity contribution in [1.82, 2.24) is 10.6 Å². The molecule has 1 rings (SSSR count). The highest BCUT2D eigenvalue weighted by Gasteiger charge is 2.57. The lowest BCUT2D eigenvalue weighted by Gasteiger charge is -2.37. The quantitative estimate of drug-likeness (QED) is 0.445. The lowest BCUT2D eigenvalue weighted by atomic mass is 10.1. The molecule has 0 aromatic heterocycles. The molecule has 0 aromatic carbocycles. The molecule has 0 aromatic rings. The fourth-order valence-electron chi connectivity index (χ4n) is 2.00. The molecule has 0 aliphatic carbocycles. The van der Waals surface area contributed by atoms with E-state index in [1.54, 1.807) is 0 Å². The molecular formula is C12H24N2O6S. The van der Waals surface area contributed by atoms with E-state index in [0.717, 1.165) is 19.3 Å². The molecule has 0 atom stereocenters. The average Bonchev–Trinajstić information content (AvgIpc) is 2.40. The number of rotatable bonds is 11. The van der Waals surface area contributed by atoms with Gasteiger partial charge in [0.1, 0.15) is 0 Å². The molecule has 0 spiro atoms. The average molecular weight is 324 g/mol. The second kappa shape index (κ2) is 8.64. The van der Waals surface area contributed by atoms with Crippen molar-refractivity contribution in [2.45, 2.75) is 44.8 Å². The van der Waals surface area contributed by atoms with Crippen molar-refractivity contribution in [3.8, 4) is 0 Å². The lowest BCUT2D eigenvalue weighted by molar-refractivity contribution is -0.201. The van der Waals surface area contributed by atoms with Crippen LogP contribution in [0.2, 0.25) is 0 Å². The van der Waals surface area contributed by atoms with Gasteiger partial charge in [0.25, 0.3) is 11.7 Å². The van der Waals surface area contributed by atoms with E-state index < -0.39 is 22.1 Å². The molecule has 1 saturated heterocycles. The van der Waals surface area contributed by atoms with Gasteiger partial charge in [-0.05, 0) is 6.42 Å². The Morgan fingerprint density at radius 3 is 2.43 bits per heavy atom. The minimum absolute atomic E-state index is 0.0137. The molecule has 1 amide bonds. The molecule has 21 heavy (non-hydrogen) atoms. The molecular weight excluding hydrogens is 300 g/mol. The van der Waals surface area contributed by atoms with E-state index in [-0.39, 0.29) is 13.0 Å². The largest absolute Gasteiger partial charge is 0.406 e. The smallest absolute Gasteiger partial charge is 0.395 e. The molecule has 0 unspecified atom stereocenters. The predicted molar refractivity (Wildman–Crippen MR) is 75.5 cm³/mol. The zero-order valence-electron chi connectivity index (χ0n) is 12.3. The number of hydrogen-bond acceptors (Lipinski definition) is 7. The van der Waals surface area contributed by atoms with E-state index in [2.05, 4.69) is 17.6 Å². The summed E-state index contributed by atoms with van der Waals surface area (Å²) in [6, 6.07) is 0. The van der Waals surface area contributed by atoms with Gasteiger partial charge < -0.3 is 15.7 Å². The highest BCUT2D eigenvalue weighted by molar-refractivity contribution is 7.83. The summed E-state index contributed by atoms with van der Waals surface area (Å²) in [5.74, 6) is -2.29. The number of amides is 1. The molecule has 1 heterocycles. The van der Waals surface area contributed by atoms with Crippen LogP contribution in [0.3, 0.4) is 0 Å². The van der Waals surface area contributed by atoms with Crippen LogP contribution in [0, 0.1) is 0 Å². The van der Waals surface area contributed by atoms with E-state index in [1.165, 1.54) is 0 Å².